The fourth-order valence-electron chi connectivity index (χ4n) is 2.59. The lowest BCUT2D eigenvalue weighted by molar-refractivity contribution is 0.173. The molecule has 2 aromatic rings. The van der Waals surface area contributed by atoms with Gasteiger partial charge in [-0.25, -0.2) is 4.79 Å². The Morgan fingerprint density at radius 1 is 1.12 bits per heavy atom. The average Bonchev–Trinajstić information content (AvgIpc) is 3.09. The molecule has 25 heavy (non-hydrogen) atoms. The standard InChI is InChI=1S/C19H22N2O4/c1-3-21(4-2)19(22)20-15-7-5-6-14(10-15)12-23-16-8-9-17-18(11-16)25-13-24-17/h5-11H,3-4,12-13H2,1-2H3,(H,20,22). The van der Waals surface area contributed by atoms with E-state index in [9.17, 15) is 4.79 Å². The Kier molecular flexibility index (Phi) is 5.28. The molecule has 6 nitrogen and oxygen atoms in total. The number of anilines is 1. The Morgan fingerprint density at radius 3 is 2.72 bits per heavy atom. The molecular formula is C19H22N2O4. The van der Waals surface area contributed by atoms with Gasteiger partial charge in [0.25, 0.3) is 0 Å². The van der Waals surface area contributed by atoms with E-state index in [1.165, 1.54) is 0 Å². The Labute approximate surface area is 147 Å². The number of hydrogen-bond donors (Lipinski definition) is 1. The molecule has 6 heteroatoms. The highest BCUT2D eigenvalue weighted by atomic mass is 16.7. The van der Waals surface area contributed by atoms with Crippen molar-refractivity contribution < 1.29 is 19.0 Å². The fourth-order valence-corrected chi connectivity index (χ4v) is 2.59. The molecule has 0 radical (unpaired) electrons. The van der Waals surface area contributed by atoms with Crippen molar-refractivity contribution in [1.82, 2.24) is 4.90 Å². The summed E-state index contributed by atoms with van der Waals surface area (Å²) in [6.45, 7) is 5.91. The van der Waals surface area contributed by atoms with Crippen LogP contribution in [0.1, 0.15) is 19.4 Å². The van der Waals surface area contributed by atoms with E-state index in [1.807, 2.05) is 56.3 Å². The number of nitrogens with zero attached hydrogens (tertiary/aromatic N) is 1. The van der Waals surface area contributed by atoms with Gasteiger partial charge in [0, 0.05) is 24.8 Å². The van der Waals surface area contributed by atoms with Gasteiger partial charge in [-0.05, 0) is 43.7 Å². The van der Waals surface area contributed by atoms with Crippen molar-refractivity contribution in [1.29, 1.82) is 0 Å². The average molecular weight is 342 g/mol. The summed E-state index contributed by atoms with van der Waals surface area (Å²) in [7, 11) is 0. The molecule has 0 fully saturated rings. The van der Waals surface area contributed by atoms with Crippen LogP contribution in [0.15, 0.2) is 42.5 Å². The van der Waals surface area contributed by atoms with E-state index in [2.05, 4.69) is 5.32 Å². The number of nitrogens with one attached hydrogen (secondary N) is 1. The van der Waals surface area contributed by atoms with Crippen molar-refractivity contribution in [3.8, 4) is 17.2 Å². The van der Waals surface area contributed by atoms with Crippen LogP contribution in [-0.2, 0) is 6.61 Å². The van der Waals surface area contributed by atoms with Crippen LogP contribution in [0.5, 0.6) is 17.2 Å². The van der Waals surface area contributed by atoms with Crippen molar-refractivity contribution in [3.05, 3.63) is 48.0 Å². The highest BCUT2D eigenvalue weighted by molar-refractivity contribution is 5.89. The summed E-state index contributed by atoms with van der Waals surface area (Å²) in [4.78, 5) is 13.9. The van der Waals surface area contributed by atoms with Gasteiger partial charge in [-0.1, -0.05) is 12.1 Å². The molecule has 0 aliphatic carbocycles. The number of urea groups is 1. The Morgan fingerprint density at radius 2 is 1.92 bits per heavy atom. The minimum absolute atomic E-state index is 0.0983. The number of fused-ring (bicyclic) bond motifs is 1. The van der Waals surface area contributed by atoms with Crippen molar-refractivity contribution in [2.75, 3.05) is 25.2 Å². The second kappa shape index (κ2) is 7.79. The highest BCUT2D eigenvalue weighted by Crippen LogP contribution is 2.35. The van der Waals surface area contributed by atoms with E-state index in [0.717, 1.165) is 17.0 Å². The monoisotopic (exact) mass is 342 g/mol. The number of ether oxygens (including phenoxy) is 3. The number of benzene rings is 2. The van der Waals surface area contributed by atoms with Crippen molar-refractivity contribution >= 4 is 11.7 Å². The highest BCUT2D eigenvalue weighted by Gasteiger charge is 2.14. The Balaban J connectivity index is 1.61. The van der Waals surface area contributed by atoms with Crippen LogP contribution in [0.25, 0.3) is 0 Å². The largest absolute Gasteiger partial charge is 0.489 e. The maximum atomic E-state index is 12.1. The first-order chi connectivity index (χ1) is 12.2. The molecule has 0 unspecified atom stereocenters. The first kappa shape index (κ1) is 17.0. The molecule has 1 aliphatic rings. The summed E-state index contributed by atoms with van der Waals surface area (Å²) >= 11 is 0. The molecule has 3 rings (SSSR count). The van der Waals surface area contributed by atoms with E-state index in [-0.39, 0.29) is 12.8 Å². The summed E-state index contributed by atoms with van der Waals surface area (Å²) in [5.74, 6) is 2.13. The summed E-state index contributed by atoms with van der Waals surface area (Å²) in [6, 6.07) is 13.0. The van der Waals surface area contributed by atoms with Gasteiger partial charge in [0.05, 0.1) is 0 Å². The maximum Gasteiger partial charge on any atom is 0.321 e. The van der Waals surface area contributed by atoms with Crippen molar-refractivity contribution in [2.45, 2.75) is 20.5 Å². The third-order valence-electron chi connectivity index (χ3n) is 3.98. The second-order valence-electron chi connectivity index (χ2n) is 5.61. The predicted octanol–water partition coefficient (Wildman–Crippen LogP) is 3.87. The minimum Gasteiger partial charge on any atom is -0.489 e. The van der Waals surface area contributed by atoms with Gasteiger partial charge in [-0.3, -0.25) is 0 Å². The van der Waals surface area contributed by atoms with E-state index in [4.69, 9.17) is 14.2 Å². The van der Waals surface area contributed by atoms with Gasteiger partial charge in [0.1, 0.15) is 12.4 Å². The molecule has 0 saturated carbocycles. The zero-order chi connectivity index (χ0) is 17.6. The van der Waals surface area contributed by atoms with Crippen LogP contribution in [0.3, 0.4) is 0 Å². The quantitative estimate of drug-likeness (QED) is 0.866. The van der Waals surface area contributed by atoms with Gasteiger partial charge in [0.2, 0.25) is 6.79 Å². The smallest absolute Gasteiger partial charge is 0.321 e. The van der Waals surface area contributed by atoms with Crippen LogP contribution in [0, 0.1) is 0 Å². The summed E-state index contributed by atoms with van der Waals surface area (Å²) in [6.07, 6.45) is 0. The molecule has 1 N–H and O–H groups in total. The molecule has 2 aromatic carbocycles. The van der Waals surface area contributed by atoms with E-state index >= 15 is 0 Å². The molecule has 0 aromatic heterocycles. The van der Waals surface area contributed by atoms with Gasteiger partial charge in [-0.15, -0.1) is 0 Å². The molecule has 132 valence electrons. The number of carbonyl (C=O) groups is 1. The lowest BCUT2D eigenvalue weighted by atomic mass is 10.2. The van der Waals surface area contributed by atoms with Crippen LogP contribution in [0.4, 0.5) is 10.5 Å². The fraction of sp³-hybridized carbons (Fsp3) is 0.316. The maximum absolute atomic E-state index is 12.1. The van der Waals surface area contributed by atoms with Gasteiger partial charge in [0.15, 0.2) is 11.5 Å². The van der Waals surface area contributed by atoms with Crippen LogP contribution >= 0.6 is 0 Å². The summed E-state index contributed by atoms with van der Waals surface area (Å²) in [5, 5.41) is 2.91. The zero-order valence-corrected chi connectivity index (χ0v) is 14.5. The predicted molar refractivity (Wildman–Crippen MR) is 95.3 cm³/mol. The van der Waals surface area contributed by atoms with Crippen LogP contribution in [-0.4, -0.2) is 30.8 Å². The Bertz CT molecular complexity index is 744. The Hall–Kier alpha value is -2.89. The van der Waals surface area contributed by atoms with Gasteiger partial charge < -0.3 is 24.4 Å². The molecule has 0 bridgehead atoms. The second-order valence-corrected chi connectivity index (χ2v) is 5.61. The zero-order valence-electron chi connectivity index (χ0n) is 14.5. The van der Waals surface area contributed by atoms with E-state index < -0.39 is 0 Å². The SMILES string of the molecule is CCN(CC)C(=O)Nc1cccc(COc2ccc3c(c2)OCO3)c1. The van der Waals surface area contributed by atoms with Crippen LogP contribution in [0.2, 0.25) is 0 Å². The molecular weight excluding hydrogens is 320 g/mol. The number of carbonyl (C=O) groups excluding carboxylic acids is 1. The lowest BCUT2D eigenvalue weighted by Crippen LogP contribution is -2.34. The third kappa shape index (κ3) is 4.15. The van der Waals surface area contributed by atoms with Crippen molar-refractivity contribution in [3.63, 3.8) is 0 Å². The molecule has 0 spiro atoms. The van der Waals surface area contributed by atoms with Crippen LogP contribution < -0.4 is 19.5 Å². The number of rotatable bonds is 6. The normalized spacial score (nSPS) is 11.9. The van der Waals surface area contributed by atoms with Gasteiger partial charge in [-0.2, -0.15) is 0 Å². The van der Waals surface area contributed by atoms with E-state index in [1.54, 1.807) is 4.90 Å². The topological polar surface area (TPSA) is 60.0 Å². The number of amides is 2. The summed E-state index contributed by atoms with van der Waals surface area (Å²) < 4.78 is 16.4. The summed E-state index contributed by atoms with van der Waals surface area (Å²) in [5.41, 5.74) is 1.72. The first-order valence-electron chi connectivity index (χ1n) is 8.37. The molecule has 0 atom stereocenters. The van der Waals surface area contributed by atoms with E-state index in [0.29, 0.717) is 31.2 Å². The number of hydrogen-bond acceptors (Lipinski definition) is 4. The molecule has 2 amide bonds. The molecule has 1 aliphatic heterocycles. The minimum atomic E-state index is -0.0983. The molecule has 0 saturated heterocycles. The van der Waals surface area contributed by atoms with Crippen molar-refractivity contribution in [2.24, 2.45) is 0 Å². The third-order valence-corrected chi connectivity index (χ3v) is 3.98. The molecule has 1 heterocycles. The first-order valence-corrected chi connectivity index (χ1v) is 8.37. The van der Waals surface area contributed by atoms with Gasteiger partial charge >= 0.3 is 6.03 Å². The lowest BCUT2D eigenvalue weighted by Gasteiger charge is -2.19.